The van der Waals surface area contributed by atoms with Crippen molar-refractivity contribution in [1.82, 2.24) is 15.3 Å². The summed E-state index contributed by atoms with van der Waals surface area (Å²) in [5.41, 5.74) is 5.57. The van der Waals surface area contributed by atoms with Crippen LogP contribution < -0.4 is 10.2 Å². The number of hydrogen-bond acceptors (Lipinski definition) is 6. The molecule has 0 aliphatic carbocycles. The number of halogens is 1. The van der Waals surface area contributed by atoms with E-state index in [1.165, 1.54) is 6.21 Å². The van der Waals surface area contributed by atoms with Gasteiger partial charge in [-0.2, -0.15) is 5.10 Å². The fourth-order valence-electron chi connectivity index (χ4n) is 3.36. The van der Waals surface area contributed by atoms with E-state index in [4.69, 9.17) is 21.1 Å². The van der Waals surface area contributed by atoms with Gasteiger partial charge in [-0.05, 0) is 35.9 Å². The lowest BCUT2D eigenvalue weighted by Crippen LogP contribution is -2.35. The number of hydrogen-bond donors (Lipinski definition) is 1. The Morgan fingerprint density at radius 2 is 2.00 bits per heavy atom. The number of carbonyl (C=O) groups is 1. The first-order chi connectivity index (χ1) is 15.1. The van der Waals surface area contributed by atoms with Crippen LogP contribution in [-0.2, 0) is 11.3 Å². The number of pyridine rings is 1. The molecule has 0 atom stereocenters. The third-order valence-corrected chi connectivity index (χ3v) is 5.40. The van der Waals surface area contributed by atoms with Gasteiger partial charge in [-0.3, -0.25) is 9.69 Å². The fraction of sp³-hybridized carbons (Fsp3) is 0.261. The first-order valence-corrected chi connectivity index (χ1v) is 10.4. The topological polar surface area (TPSA) is 76.0 Å². The van der Waals surface area contributed by atoms with Crippen molar-refractivity contribution < 1.29 is 14.3 Å². The molecule has 1 fully saturated rings. The summed E-state index contributed by atoms with van der Waals surface area (Å²) in [6, 6.07) is 15.0. The van der Waals surface area contributed by atoms with Gasteiger partial charge in [-0.15, -0.1) is 0 Å². The SMILES string of the molecule is COc1ccc2cc(C=NNC(=O)c3ccc(CN4CCOCC4)cc3)c(Cl)nc2c1. The minimum absolute atomic E-state index is 0.288. The predicted molar refractivity (Wildman–Crippen MR) is 121 cm³/mol. The molecule has 1 aliphatic rings. The maximum absolute atomic E-state index is 12.4. The van der Waals surface area contributed by atoms with Gasteiger partial charge in [-0.25, -0.2) is 10.4 Å². The van der Waals surface area contributed by atoms with Crippen LogP contribution in [0.3, 0.4) is 0 Å². The average molecular weight is 439 g/mol. The molecule has 160 valence electrons. The second-order valence-corrected chi connectivity index (χ2v) is 7.57. The summed E-state index contributed by atoms with van der Waals surface area (Å²) in [6.45, 7) is 4.24. The molecule has 1 aliphatic heterocycles. The summed E-state index contributed by atoms with van der Waals surface area (Å²) in [5, 5.41) is 5.23. The van der Waals surface area contributed by atoms with E-state index in [1.807, 2.05) is 36.4 Å². The Kier molecular flexibility index (Phi) is 6.76. The number of rotatable bonds is 6. The van der Waals surface area contributed by atoms with Gasteiger partial charge in [0.15, 0.2) is 0 Å². The van der Waals surface area contributed by atoms with E-state index < -0.39 is 0 Å². The van der Waals surface area contributed by atoms with Crippen molar-refractivity contribution in [2.24, 2.45) is 5.10 Å². The van der Waals surface area contributed by atoms with E-state index in [1.54, 1.807) is 19.2 Å². The summed E-state index contributed by atoms with van der Waals surface area (Å²) < 4.78 is 10.6. The molecule has 1 amide bonds. The summed E-state index contributed by atoms with van der Waals surface area (Å²) in [7, 11) is 1.60. The normalized spacial score (nSPS) is 14.8. The molecule has 0 spiro atoms. The molecular formula is C23H23ClN4O3. The second kappa shape index (κ2) is 9.87. The van der Waals surface area contributed by atoms with Gasteiger partial charge in [0.1, 0.15) is 10.9 Å². The number of ether oxygens (including phenoxy) is 2. The molecule has 4 rings (SSSR count). The molecule has 0 saturated carbocycles. The van der Waals surface area contributed by atoms with Gasteiger partial charge in [0, 0.05) is 42.2 Å². The number of benzene rings is 2. The molecule has 1 saturated heterocycles. The van der Waals surface area contributed by atoms with Crippen molar-refractivity contribution in [1.29, 1.82) is 0 Å². The molecule has 31 heavy (non-hydrogen) atoms. The van der Waals surface area contributed by atoms with Gasteiger partial charge >= 0.3 is 0 Å². The Morgan fingerprint density at radius 3 is 2.74 bits per heavy atom. The Morgan fingerprint density at radius 1 is 1.23 bits per heavy atom. The first kappa shape index (κ1) is 21.2. The van der Waals surface area contributed by atoms with Gasteiger partial charge in [0.25, 0.3) is 5.91 Å². The minimum atomic E-state index is -0.288. The highest BCUT2D eigenvalue weighted by molar-refractivity contribution is 6.32. The van der Waals surface area contributed by atoms with Crippen molar-refractivity contribution in [3.8, 4) is 5.75 Å². The number of morpholine rings is 1. The highest BCUT2D eigenvalue weighted by Crippen LogP contribution is 2.23. The molecule has 7 nitrogen and oxygen atoms in total. The fourth-order valence-corrected chi connectivity index (χ4v) is 3.56. The Bertz CT molecular complexity index is 1100. The number of amides is 1. The van der Waals surface area contributed by atoms with Gasteiger partial charge in [0.2, 0.25) is 0 Å². The standard InChI is InChI=1S/C23H23ClN4O3/c1-30-20-7-6-18-12-19(22(24)26-21(18)13-20)14-25-27-23(29)17-4-2-16(3-5-17)15-28-8-10-31-11-9-28/h2-7,12-14H,8-11,15H2,1H3,(H,27,29). The van der Waals surface area contributed by atoms with Crippen molar-refractivity contribution >= 4 is 34.6 Å². The summed E-state index contributed by atoms with van der Waals surface area (Å²) in [6.07, 6.45) is 1.49. The van der Waals surface area contributed by atoms with E-state index in [2.05, 4.69) is 20.4 Å². The highest BCUT2D eigenvalue weighted by atomic mass is 35.5. The zero-order valence-corrected chi connectivity index (χ0v) is 17.9. The van der Waals surface area contributed by atoms with E-state index >= 15 is 0 Å². The zero-order chi connectivity index (χ0) is 21.6. The number of fused-ring (bicyclic) bond motifs is 1. The van der Waals surface area contributed by atoms with Crippen molar-refractivity contribution in [2.75, 3.05) is 33.4 Å². The minimum Gasteiger partial charge on any atom is -0.497 e. The predicted octanol–water partition coefficient (Wildman–Crippen LogP) is 3.49. The first-order valence-electron chi connectivity index (χ1n) is 9.99. The Balaban J connectivity index is 1.38. The number of hydrazone groups is 1. The maximum Gasteiger partial charge on any atom is 0.271 e. The van der Waals surface area contributed by atoms with Crippen molar-refractivity contribution in [3.63, 3.8) is 0 Å². The molecule has 2 heterocycles. The summed E-state index contributed by atoms with van der Waals surface area (Å²) in [5.74, 6) is 0.421. The quantitative estimate of drug-likeness (QED) is 0.362. The van der Waals surface area contributed by atoms with E-state index in [0.717, 1.165) is 49.3 Å². The van der Waals surface area contributed by atoms with Crippen LogP contribution in [0.2, 0.25) is 5.15 Å². The van der Waals surface area contributed by atoms with Crippen LogP contribution in [0.4, 0.5) is 0 Å². The van der Waals surface area contributed by atoms with E-state index in [9.17, 15) is 4.79 Å². The van der Waals surface area contributed by atoms with Gasteiger partial charge in [0.05, 0.1) is 32.1 Å². The molecule has 0 unspecified atom stereocenters. The number of carbonyl (C=O) groups excluding carboxylic acids is 1. The summed E-state index contributed by atoms with van der Waals surface area (Å²) >= 11 is 6.26. The third-order valence-electron chi connectivity index (χ3n) is 5.10. The average Bonchev–Trinajstić information content (AvgIpc) is 2.80. The van der Waals surface area contributed by atoms with Crippen LogP contribution in [0.1, 0.15) is 21.5 Å². The van der Waals surface area contributed by atoms with Gasteiger partial charge in [-0.1, -0.05) is 23.7 Å². The smallest absolute Gasteiger partial charge is 0.271 e. The summed E-state index contributed by atoms with van der Waals surface area (Å²) in [4.78, 5) is 19.1. The monoisotopic (exact) mass is 438 g/mol. The second-order valence-electron chi connectivity index (χ2n) is 7.21. The molecular weight excluding hydrogens is 416 g/mol. The zero-order valence-electron chi connectivity index (χ0n) is 17.2. The van der Waals surface area contributed by atoms with Crippen LogP contribution in [-0.4, -0.2) is 55.4 Å². The molecule has 1 aromatic heterocycles. The Labute approximate surface area is 185 Å². The van der Waals surface area contributed by atoms with Crippen LogP contribution in [0.15, 0.2) is 53.6 Å². The van der Waals surface area contributed by atoms with Crippen LogP contribution in [0.5, 0.6) is 5.75 Å². The largest absolute Gasteiger partial charge is 0.497 e. The van der Waals surface area contributed by atoms with E-state index in [-0.39, 0.29) is 5.91 Å². The lowest BCUT2D eigenvalue weighted by atomic mass is 10.1. The molecule has 2 aromatic carbocycles. The Hall–Kier alpha value is -3.00. The molecule has 1 N–H and O–H groups in total. The third kappa shape index (κ3) is 5.38. The van der Waals surface area contributed by atoms with Crippen molar-refractivity contribution in [3.05, 3.63) is 70.4 Å². The number of nitrogens with one attached hydrogen (secondary N) is 1. The maximum atomic E-state index is 12.4. The van der Waals surface area contributed by atoms with Crippen LogP contribution in [0.25, 0.3) is 10.9 Å². The number of aromatic nitrogens is 1. The lowest BCUT2D eigenvalue weighted by Gasteiger charge is -2.26. The highest BCUT2D eigenvalue weighted by Gasteiger charge is 2.11. The molecule has 3 aromatic rings. The van der Waals surface area contributed by atoms with Gasteiger partial charge < -0.3 is 9.47 Å². The number of nitrogens with zero attached hydrogens (tertiary/aromatic N) is 3. The molecule has 8 heteroatoms. The lowest BCUT2D eigenvalue weighted by molar-refractivity contribution is 0.0342. The van der Waals surface area contributed by atoms with Crippen LogP contribution >= 0.6 is 11.6 Å². The molecule has 0 radical (unpaired) electrons. The molecule has 0 bridgehead atoms. The van der Waals surface area contributed by atoms with Crippen LogP contribution in [0, 0.1) is 0 Å². The number of methoxy groups -OCH3 is 1. The van der Waals surface area contributed by atoms with Crippen molar-refractivity contribution in [2.45, 2.75) is 6.54 Å². The van der Waals surface area contributed by atoms with E-state index in [0.29, 0.717) is 22.0 Å².